The zero-order valence-electron chi connectivity index (χ0n) is 13.1. The van der Waals surface area contributed by atoms with Gasteiger partial charge in [0.25, 0.3) is 0 Å². The topological polar surface area (TPSA) is 38.8 Å². The molecule has 1 aromatic carbocycles. The van der Waals surface area contributed by atoms with E-state index in [0.29, 0.717) is 12.3 Å². The summed E-state index contributed by atoms with van der Waals surface area (Å²) in [6.45, 7) is 5.00. The average Bonchev–Trinajstić information content (AvgIpc) is 2.48. The van der Waals surface area contributed by atoms with E-state index in [2.05, 4.69) is 13.8 Å². The zero-order valence-corrected chi connectivity index (χ0v) is 13.9. The van der Waals surface area contributed by atoms with Crippen molar-refractivity contribution in [1.82, 2.24) is 4.90 Å². The highest BCUT2D eigenvalue weighted by Gasteiger charge is 2.34. The Kier molecular flexibility index (Phi) is 5.39. The van der Waals surface area contributed by atoms with Gasteiger partial charge in [-0.2, -0.15) is 0 Å². The predicted molar refractivity (Wildman–Crippen MR) is 85.9 cm³/mol. The summed E-state index contributed by atoms with van der Waals surface area (Å²) in [7, 11) is 3.31. The molecule has 5 heteroatoms. The lowest BCUT2D eigenvalue weighted by molar-refractivity contribution is -0.132. The van der Waals surface area contributed by atoms with E-state index in [1.807, 2.05) is 23.1 Å². The molecule has 1 heterocycles. The van der Waals surface area contributed by atoms with E-state index in [4.69, 9.17) is 9.47 Å². The van der Waals surface area contributed by atoms with Crippen molar-refractivity contribution in [1.29, 1.82) is 0 Å². The molecule has 4 nitrogen and oxygen atoms in total. The number of amides is 1. The van der Waals surface area contributed by atoms with E-state index in [1.165, 1.54) is 0 Å². The summed E-state index contributed by atoms with van der Waals surface area (Å²) in [5.41, 5.74) is 0.959. The molecular weight excluding hydrogens is 286 g/mol. The zero-order chi connectivity index (χ0) is 15.4. The number of ether oxygens (including phenoxy) is 2. The molecule has 1 aromatic rings. The Labute approximate surface area is 130 Å². The summed E-state index contributed by atoms with van der Waals surface area (Å²) < 4.78 is 11.0. The van der Waals surface area contributed by atoms with Crippen molar-refractivity contribution in [3.05, 3.63) is 23.8 Å². The Morgan fingerprint density at radius 3 is 2.43 bits per heavy atom. The minimum atomic E-state index is -0.0419. The molecule has 0 radical (unpaired) electrons. The Morgan fingerprint density at radius 1 is 1.29 bits per heavy atom. The molecule has 0 saturated carbocycles. The molecule has 1 aliphatic heterocycles. The smallest absolute Gasteiger partial charge is 0.224 e. The van der Waals surface area contributed by atoms with Gasteiger partial charge in [-0.05, 0) is 18.1 Å². The molecule has 1 saturated heterocycles. The van der Waals surface area contributed by atoms with Gasteiger partial charge in [-0.1, -0.05) is 19.9 Å². The molecule has 116 valence electrons. The van der Waals surface area contributed by atoms with Crippen LogP contribution in [0.3, 0.4) is 0 Å². The van der Waals surface area contributed by atoms with Crippen LogP contribution in [0.25, 0.3) is 0 Å². The van der Waals surface area contributed by atoms with Gasteiger partial charge in [0, 0.05) is 18.7 Å². The molecule has 0 aliphatic carbocycles. The molecule has 1 amide bonds. The molecule has 1 atom stereocenters. The van der Waals surface area contributed by atoms with Crippen molar-refractivity contribution in [2.75, 3.05) is 26.5 Å². The second-order valence-electron chi connectivity index (χ2n) is 5.49. The number of nitrogens with zero attached hydrogens (tertiary/aromatic N) is 1. The second kappa shape index (κ2) is 7.07. The van der Waals surface area contributed by atoms with Crippen molar-refractivity contribution in [2.45, 2.75) is 25.6 Å². The number of carbonyl (C=O) groups is 1. The minimum absolute atomic E-state index is 0.0419. The normalized spacial score (nSPS) is 19.0. The highest BCUT2D eigenvalue weighted by Crippen LogP contribution is 2.45. The first kappa shape index (κ1) is 16.0. The Morgan fingerprint density at radius 2 is 1.90 bits per heavy atom. The van der Waals surface area contributed by atoms with Crippen LogP contribution in [0.5, 0.6) is 11.5 Å². The van der Waals surface area contributed by atoms with Crippen LogP contribution in [0.1, 0.15) is 31.2 Å². The van der Waals surface area contributed by atoms with E-state index >= 15 is 0 Å². The molecule has 21 heavy (non-hydrogen) atoms. The van der Waals surface area contributed by atoms with Crippen molar-refractivity contribution in [2.24, 2.45) is 5.92 Å². The maximum Gasteiger partial charge on any atom is 0.224 e. The number of hydrogen-bond acceptors (Lipinski definition) is 4. The van der Waals surface area contributed by atoms with Gasteiger partial charge in [0.05, 0.1) is 19.8 Å². The van der Waals surface area contributed by atoms with Gasteiger partial charge in [-0.3, -0.25) is 4.79 Å². The lowest BCUT2D eigenvalue weighted by Crippen LogP contribution is -2.39. The van der Waals surface area contributed by atoms with Crippen LogP contribution in [0.4, 0.5) is 0 Å². The maximum absolute atomic E-state index is 12.3. The van der Waals surface area contributed by atoms with Crippen LogP contribution in [-0.4, -0.2) is 37.3 Å². The molecule has 2 rings (SSSR count). The van der Waals surface area contributed by atoms with Crippen LogP contribution < -0.4 is 9.47 Å². The van der Waals surface area contributed by atoms with Crippen LogP contribution in [0, 0.1) is 5.92 Å². The summed E-state index contributed by atoms with van der Waals surface area (Å²) >= 11 is 1.77. The van der Waals surface area contributed by atoms with Gasteiger partial charge < -0.3 is 14.4 Å². The number of thioether (sulfide) groups is 1. The van der Waals surface area contributed by atoms with E-state index in [-0.39, 0.29) is 11.3 Å². The van der Waals surface area contributed by atoms with Gasteiger partial charge >= 0.3 is 0 Å². The highest BCUT2D eigenvalue weighted by molar-refractivity contribution is 7.99. The first-order chi connectivity index (χ1) is 10.1. The summed E-state index contributed by atoms with van der Waals surface area (Å²) in [5, 5.41) is -0.0419. The number of benzene rings is 1. The number of methoxy groups -OCH3 is 2. The molecule has 1 fully saturated rings. The molecule has 1 aliphatic rings. The number of rotatable bonds is 5. The van der Waals surface area contributed by atoms with E-state index < -0.39 is 0 Å². The van der Waals surface area contributed by atoms with Crippen molar-refractivity contribution < 1.29 is 14.3 Å². The first-order valence-corrected chi connectivity index (χ1v) is 8.25. The van der Waals surface area contributed by atoms with E-state index in [9.17, 15) is 4.79 Å². The largest absolute Gasteiger partial charge is 0.496 e. The third kappa shape index (κ3) is 3.46. The van der Waals surface area contributed by atoms with Crippen LogP contribution in [0.15, 0.2) is 18.2 Å². The number of carbonyl (C=O) groups excluding carboxylic acids is 1. The maximum atomic E-state index is 12.3. The van der Waals surface area contributed by atoms with Gasteiger partial charge in [0.1, 0.15) is 16.9 Å². The lowest BCUT2D eigenvalue weighted by Gasteiger charge is -2.37. The molecule has 0 N–H and O–H groups in total. The summed E-state index contributed by atoms with van der Waals surface area (Å²) in [5.74, 6) is 3.01. The standard InChI is InChI=1S/C16H23NO3S/c1-11(2)10-17-14(18)8-9-21-16(17)15-12(19-3)6-5-7-13(15)20-4/h5-7,11,16H,8-10H2,1-4H3. The van der Waals surface area contributed by atoms with E-state index in [1.54, 1.807) is 26.0 Å². The monoisotopic (exact) mass is 309 g/mol. The summed E-state index contributed by atoms with van der Waals surface area (Å²) in [4.78, 5) is 14.3. The van der Waals surface area contributed by atoms with E-state index in [0.717, 1.165) is 29.4 Å². The third-order valence-corrected chi connectivity index (χ3v) is 4.72. The molecule has 0 spiro atoms. The summed E-state index contributed by atoms with van der Waals surface area (Å²) in [6.07, 6.45) is 0.603. The fourth-order valence-electron chi connectivity index (χ4n) is 2.58. The van der Waals surface area contributed by atoms with Crippen LogP contribution in [-0.2, 0) is 4.79 Å². The van der Waals surface area contributed by atoms with Gasteiger partial charge in [0.15, 0.2) is 0 Å². The summed E-state index contributed by atoms with van der Waals surface area (Å²) in [6, 6.07) is 5.75. The van der Waals surface area contributed by atoms with Gasteiger partial charge in [0.2, 0.25) is 5.91 Å². The van der Waals surface area contributed by atoms with Crippen LogP contribution in [0.2, 0.25) is 0 Å². The molecular formula is C16H23NO3S. The lowest BCUT2D eigenvalue weighted by atomic mass is 10.1. The predicted octanol–water partition coefficient (Wildman–Crippen LogP) is 3.32. The Bertz CT molecular complexity index is 482. The highest BCUT2D eigenvalue weighted by atomic mass is 32.2. The van der Waals surface area contributed by atoms with Gasteiger partial charge in [-0.25, -0.2) is 0 Å². The van der Waals surface area contributed by atoms with Crippen LogP contribution >= 0.6 is 11.8 Å². The molecule has 0 bridgehead atoms. The third-order valence-electron chi connectivity index (χ3n) is 3.47. The van der Waals surface area contributed by atoms with Crippen molar-refractivity contribution in [3.8, 4) is 11.5 Å². The number of hydrogen-bond donors (Lipinski definition) is 0. The SMILES string of the molecule is COc1cccc(OC)c1C1SCCC(=O)N1CC(C)C. The molecule has 1 unspecified atom stereocenters. The first-order valence-electron chi connectivity index (χ1n) is 7.20. The van der Waals surface area contributed by atoms with Gasteiger partial charge in [-0.15, -0.1) is 11.8 Å². The average molecular weight is 309 g/mol. The molecule has 0 aromatic heterocycles. The van der Waals surface area contributed by atoms with Crippen molar-refractivity contribution >= 4 is 17.7 Å². The second-order valence-corrected chi connectivity index (χ2v) is 6.68. The Balaban J connectivity index is 2.43. The van der Waals surface area contributed by atoms with Crippen molar-refractivity contribution in [3.63, 3.8) is 0 Å². The minimum Gasteiger partial charge on any atom is -0.496 e. The quantitative estimate of drug-likeness (QED) is 0.836. The Hall–Kier alpha value is -1.36. The fourth-order valence-corrected chi connectivity index (χ4v) is 3.87. The fraction of sp³-hybridized carbons (Fsp3) is 0.562.